The van der Waals surface area contributed by atoms with Gasteiger partial charge in [-0.05, 0) is 42.4 Å². The Bertz CT molecular complexity index is 433. The predicted octanol–water partition coefficient (Wildman–Crippen LogP) is 4.31. The second-order valence-corrected chi connectivity index (χ2v) is 4.75. The van der Waals surface area contributed by atoms with Crippen molar-refractivity contribution in [2.45, 2.75) is 22.7 Å². The van der Waals surface area contributed by atoms with Crippen LogP contribution in [0.15, 0.2) is 23.1 Å². The van der Waals surface area contributed by atoms with Crippen molar-refractivity contribution < 1.29 is 22.4 Å². The van der Waals surface area contributed by atoms with Gasteiger partial charge in [0.2, 0.25) is 0 Å². The van der Waals surface area contributed by atoms with E-state index in [1.54, 1.807) is 0 Å². The molecule has 1 aromatic rings. The Hall–Kier alpha value is -0.750. The molecule has 7 heteroatoms. The molecule has 0 saturated carbocycles. The summed E-state index contributed by atoms with van der Waals surface area (Å²) in [5, 5.41) is -1.28. The summed E-state index contributed by atoms with van der Waals surface area (Å²) >= 11 is 5.23. The number of carbonyl (C=O) groups is 1. The molecule has 0 aromatic heterocycles. The van der Waals surface area contributed by atoms with Crippen LogP contribution in [0.2, 0.25) is 0 Å². The normalized spacial score (nSPS) is 13.5. The quantitative estimate of drug-likeness (QED) is 0.468. The second-order valence-electron chi connectivity index (χ2n) is 3.20. The van der Waals surface area contributed by atoms with E-state index < -0.39 is 34.2 Å². The van der Waals surface area contributed by atoms with Crippen LogP contribution in [0.5, 0.6) is 0 Å². The van der Waals surface area contributed by atoms with E-state index in [2.05, 4.69) is 0 Å². The van der Waals surface area contributed by atoms with Crippen LogP contribution < -0.4 is 0 Å². The van der Waals surface area contributed by atoms with Crippen molar-refractivity contribution in [3.63, 3.8) is 0 Å². The van der Waals surface area contributed by atoms with E-state index in [0.29, 0.717) is 0 Å². The molecule has 0 N–H and O–H groups in total. The molecular weight excluding hydrogens is 280 g/mol. The molecule has 1 atom stereocenters. The molecular formula is C10H7ClF4OS. The van der Waals surface area contributed by atoms with Gasteiger partial charge in [0.15, 0.2) is 5.78 Å². The molecule has 1 unspecified atom stereocenters. The summed E-state index contributed by atoms with van der Waals surface area (Å²) in [6.07, 6.45) is 0. The molecule has 0 aliphatic rings. The lowest BCUT2D eigenvalue weighted by molar-refractivity contribution is -0.116. The van der Waals surface area contributed by atoms with Gasteiger partial charge in [0.05, 0.1) is 0 Å². The number of Topliss-reactive ketones (excluding diaryl/α,β-unsaturated/α-hetero) is 1. The third kappa shape index (κ3) is 4.20. The molecule has 0 aliphatic heterocycles. The maximum absolute atomic E-state index is 12.9. The van der Waals surface area contributed by atoms with E-state index in [1.165, 1.54) is 0 Å². The molecule has 0 radical (unpaired) electrons. The van der Waals surface area contributed by atoms with Crippen LogP contribution in [0.4, 0.5) is 17.6 Å². The summed E-state index contributed by atoms with van der Waals surface area (Å²) in [5.74, 6) is -1.28. The number of benzene rings is 1. The third-order valence-electron chi connectivity index (χ3n) is 1.83. The van der Waals surface area contributed by atoms with Crippen molar-refractivity contribution in [2.24, 2.45) is 0 Å². The fraction of sp³-hybridized carbons (Fsp3) is 0.300. The molecule has 0 saturated heterocycles. The van der Waals surface area contributed by atoms with Crippen LogP contribution in [0, 0.1) is 5.82 Å². The lowest BCUT2D eigenvalue weighted by atomic mass is 10.1. The van der Waals surface area contributed by atoms with Gasteiger partial charge in [0, 0.05) is 4.90 Å². The standard InChI is InChI=1S/C10H7ClF4OS/c1-5(16)9(11)7-4-6(12)2-3-8(7)17-10(13,14)15/h2-4,9H,1H3. The highest BCUT2D eigenvalue weighted by molar-refractivity contribution is 8.00. The molecule has 0 aliphatic carbocycles. The summed E-state index contributed by atoms with van der Waals surface area (Å²) in [6, 6.07) is 2.69. The number of halogens is 5. The first-order valence-corrected chi connectivity index (χ1v) is 5.65. The lowest BCUT2D eigenvalue weighted by Crippen LogP contribution is -2.07. The highest BCUT2D eigenvalue weighted by atomic mass is 35.5. The van der Waals surface area contributed by atoms with E-state index in [9.17, 15) is 22.4 Å². The van der Waals surface area contributed by atoms with Crippen molar-refractivity contribution in [1.29, 1.82) is 0 Å². The number of hydrogen-bond acceptors (Lipinski definition) is 2. The minimum absolute atomic E-state index is 0.165. The summed E-state index contributed by atoms with van der Waals surface area (Å²) in [5.41, 5.74) is -4.68. The molecule has 0 heterocycles. The van der Waals surface area contributed by atoms with E-state index in [0.717, 1.165) is 25.1 Å². The van der Waals surface area contributed by atoms with Gasteiger partial charge in [-0.3, -0.25) is 4.79 Å². The first-order valence-electron chi connectivity index (χ1n) is 4.40. The van der Waals surface area contributed by atoms with Crippen LogP contribution in [0.25, 0.3) is 0 Å². The van der Waals surface area contributed by atoms with E-state index in [4.69, 9.17) is 11.6 Å². The fourth-order valence-corrected chi connectivity index (χ4v) is 2.08. The zero-order valence-electron chi connectivity index (χ0n) is 8.52. The van der Waals surface area contributed by atoms with Crippen LogP contribution in [-0.2, 0) is 4.79 Å². The van der Waals surface area contributed by atoms with Crippen molar-refractivity contribution >= 4 is 29.1 Å². The highest BCUT2D eigenvalue weighted by Gasteiger charge is 2.32. The molecule has 94 valence electrons. The van der Waals surface area contributed by atoms with E-state index in [-0.39, 0.29) is 10.5 Å². The Balaban J connectivity index is 3.17. The first-order chi connectivity index (χ1) is 7.70. The predicted molar refractivity (Wildman–Crippen MR) is 57.6 cm³/mol. The summed E-state index contributed by atoms with van der Waals surface area (Å²) in [4.78, 5) is 10.8. The lowest BCUT2D eigenvalue weighted by Gasteiger charge is -2.13. The summed E-state index contributed by atoms with van der Waals surface area (Å²) in [7, 11) is 0. The Morgan fingerprint density at radius 1 is 1.41 bits per heavy atom. The van der Waals surface area contributed by atoms with Gasteiger partial charge in [-0.25, -0.2) is 4.39 Å². The average molecular weight is 287 g/mol. The number of ketones is 1. The Morgan fingerprint density at radius 3 is 2.47 bits per heavy atom. The summed E-state index contributed by atoms with van der Waals surface area (Å²) < 4.78 is 49.6. The van der Waals surface area contributed by atoms with Gasteiger partial charge in [-0.2, -0.15) is 13.2 Å². The smallest absolute Gasteiger partial charge is 0.298 e. The topological polar surface area (TPSA) is 17.1 Å². The number of rotatable bonds is 3. The number of carbonyl (C=O) groups excluding carboxylic acids is 1. The van der Waals surface area contributed by atoms with Gasteiger partial charge >= 0.3 is 5.51 Å². The third-order valence-corrected chi connectivity index (χ3v) is 3.19. The maximum atomic E-state index is 12.9. The Morgan fingerprint density at radius 2 is 2.00 bits per heavy atom. The van der Waals surface area contributed by atoms with Gasteiger partial charge in [-0.1, -0.05) is 0 Å². The second kappa shape index (κ2) is 5.27. The zero-order chi connectivity index (χ0) is 13.2. The van der Waals surface area contributed by atoms with Crippen molar-refractivity contribution in [3.8, 4) is 0 Å². The Kier molecular flexibility index (Phi) is 4.43. The van der Waals surface area contributed by atoms with E-state index in [1.807, 2.05) is 0 Å². The molecule has 0 bridgehead atoms. The maximum Gasteiger partial charge on any atom is 0.446 e. The van der Waals surface area contributed by atoms with Gasteiger partial charge in [0.1, 0.15) is 11.2 Å². The SMILES string of the molecule is CC(=O)C(Cl)c1cc(F)ccc1SC(F)(F)F. The van der Waals surface area contributed by atoms with Gasteiger partial charge in [0.25, 0.3) is 0 Å². The van der Waals surface area contributed by atoms with Crippen molar-refractivity contribution in [2.75, 3.05) is 0 Å². The number of alkyl halides is 4. The molecule has 1 aromatic carbocycles. The minimum Gasteiger partial charge on any atom is -0.298 e. The Labute approximate surface area is 104 Å². The summed E-state index contributed by atoms with van der Waals surface area (Å²) in [6.45, 7) is 1.13. The molecule has 0 amide bonds. The van der Waals surface area contributed by atoms with Crippen LogP contribution >= 0.6 is 23.4 Å². The largest absolute Gasteiger partial charge is 0.446 e. The molecule has 1 nitrogen and oxygen atoms in total. The molecule has 17 heavy (non-hydrogen) atoms. The average Bonchev–Trinajstić information content (AvgIpc) is 2.17. The van der Waals surface area contributed by atoms with Crippen LogP contribution in [0.3, 0.4) is 0 Å². The monoisotopic (exact) mass is 286 g/mol. The van der Waals surface area contributed by atoms with Gasteiger partial charge < -0.3 is 0 Å². The van der Waals surface area contributed by atoms with E-state index >= 15 is 0 Å². The molecule has 0 spiro atoms. The fourth-order valence-electron chi connectivity index (χ4n) is 1.15. The molecule has 1 rings (SSSR count). The van der Waals surface area contributed by atoms with Crippen LogP contribution in [0.1, 0.15) is 17.9 Å². The number of thioether (sulfide) groups is 1. The minimum atomic E-state index is -4.51. The van der Waals surface area contributed by atoms with Crippen molar-refractivity contribution in [1.82, 2.24) is 0 Å². The zero-order valence-corrected chi connectivity index (χ0v) is 10.1. The highest BCUT2D eigenvalue weighted by Crippen LogP contribution is 2.41. The van der Waals surface area contributed by atoms with Crippen LogP contribution in [-0.4, -0.2) is 11.3 Å². The van der Waals surface area contributed by atoms with Gasteiger partial charge in [-0.15, -0.1) is 11.6 Å². The first kappa shape index (κ1) is 14.3. The molecule has 0 fully saturated rings. The number of hydrogen-bond donors (Lipinski definition) is 0. The van der Waals surface area contributed by atoms with Crippen molar-refractivity contribution in [3.05, 3.63) is 29.6 Å².